The molecular formula is C30H41ClN2O3. The van der Waals surface area contributed by atoms with Crippen molar-refractivity contribution in [2.75, 3.05) is 31.6 Å². The predicted molar refractivity (Wildman–Crippen MR) is 149 cm³/mol. The van der Waals surface area contributed by atoms with Crippen molar-refractivity contribution in [2.24, 2.45) is 0 Å². The van der Waals surface area contributed by atoms with Gasteiger partial charge < -0.3 is 14.5 Å². The van der Waals surface area contributed by atoms with Crippen molar-refractivity contribution < 1.29 is 14.3 Å². The summed E-state index contributed by atoms with van der Waals surface area (Å²) in [4.78, 5) is 29.7. The Balaban J connectivity index is 0.00000361. The van der Waals surface area contributed by atoms with Crippen LogP contribution in [0.1, 0.15) is 79.4 Å². The second-order valence-electron chi connectivity index (χ2n) is 10.2. The van der Waals surface area contributed by atoms with Crippen molar-refractivity contribution in [1.82, 2.24) is 4.90 Å². The molecule has 2 aromatic carbocycles. The monoisotopic (exact) mass is 512 g/mol. The molecule has 196 valence electrons. The van der Waals surface area contributed by atoms with E-state index < -0.39 is 0 Å². The van der Waals surface area contributed by atoms with Gasteiger partial charge >= 0.3 is 0 Å². The van der Waals surface area contributed by atoms with Gasteiger partial charge in [-0.3, -0.25) is 9.59 Å². The first-order valence-electron chi connectivity index (χ1n) is 13.3. The Morgan fingerprint density at radius 1 is 1.03 bits per heavy atom. The highest BCUT2D eigenvalue weighted by atomic mass is 35.5. The largest absolute Gasteiger partial charge is 0.496 e. The van der Waals surface area contributed by atoms with Gasteiger partial charge in [0.2, 0.25) is 5.91 Å². The molecule has 0 radical (unpaired) electrons. The highest BCUT2D eigenvalue weighted by molar-refractivity contribution is 6.01. The molecule has 0 saturated heterocycles. The Kier molecular flexibility index (Phi) is 10.4. The van der Waals surface area contributed by atoms with Gasteiger partial charge in [-0.15, -0.1) is 12.4 Å². The Hall–Kier alpha value is -2.37. The summed E-state index contributed by atoms with van der Waals surface area (Å²) in [5, 5.41) is 0. The lowest BCUT2D eigenvalue weighted by atomic mass is 9.88. The second-order valence-corrected chi connectivity index (χ2v) is 10.2. The number of nitrogens with zero attached hydrogens (tertiary/aromatic N) is 2. The fourth-order valence-corrected chi connectivity index (χ4v) is 5.54. The lowest BCUT2D eigenvalue weighted by Crippen LogP contribution is -2.39. The number of hydrogen-bond acceptors (Lipinski definition) is 4. The van der Waals surface area contributed by atoms with Crippen molar-refractivity contribution in [2.45, 2.75) is 77.7 Å². The molecule has 0 aliphatic carbocycles. The zero-order valence-electron chi connectivity index (χ0n) is 22.1. The van der Waals surface area contributed by atoms with E-state index in [9.17, 15) is 9.59 Å². The summed E-state index contributed by atoms with van der Waals surface area (Å²) in [6, 6.07) is 12.9. The number of para-hydroxylation sites is 1. The van der Waals surface area contributed by atoms with Crippen LogP contribution < -0.4 is 9.64 Å². The van der Waals surface area contributed by atoms with Crippen LogP contribution in [-0.2, 0) is 24.1 Å². The molecule has 0 N–H and O–H groups in total. The van der Waals surface area contributed by atoms with Gasteiger partial charge in [-0.1, -0.05) is 24.6 Å². The zero-order chi connectivity index (χ0) is 24.8. The molecule has 0 unspecified atom stereocenters. The van der Waals surface area contributed by atoms with Gasteiger partial charge in [0, 0.05) is 37.5 Å². The Morgan fingerprint density at radius 3 is 2.53 bits per heavy atom. The summed E-state index contributed by atoms with van der Waals surface area (Å²) in [5.74, 6) is 1.44. The molecule has 0 aromatic heterocycles. The fourth-order valence-electron chi connectivity index (χ4n) is 5.54. The van der Waals surface area contributed by atoms with Crippen molar-refractivity contribution >= 4 is 29.8 Å². The third kappa shape index (κ3) is 6.68. The van der Waals surface area contributed by atoms with Crippen molar-refractivity contribution in [3.8, 4) is 5.75 Å². The minimum absolute atomic E-state index is 0. The van der Waals surface area contributed by atoms with E-state index in [1.807, 2.05) is 17.0 Å². The minimum Gasteiger partial charge on any atom is -0.496 e. The standard InChI is InChI=1S/C30H40N2O3.ClH/c1-22(2)31(19-16-23-10-6-7-13-28(23)35-3)17-8-4-5-12-27(33)26-20-24-11-9-18-32-29(34)15-14-25(21-26)30(24)32;/h6-7,10,13,20-22H,4-5,8-9,11-12,14-19H2,1-3H3;1H. The van der Waals surface area contributed by atoms with Crippen molar-refractivity contribution in [3.05, 3.63) is 58.7 Å². The van der Waals surface area contributed by atoms with Crippen LogP contribution in [0, 0.1) is 0 Å². The van der Waals surface area contributed by atoms with Crippen LogP contribution in [0.5, 0.6) is 5.75 Å². The van der Waals surface area contributed by atoms with Gasteiger partial charge in [0.25, 0.3) is 0 Å². The van der Waals surface area contributed by atoms with E-state index in [0.29, 0.717) is 18.9 Å². The first kappa shape index (κ1) is 28.2. The van der Waals surface area contributed by atoms with Crippen molar-refractivity contribution in [3.63, 3.8) is 0 Å². The number of rotatable bonds is 12. The number of carbonyl (C=O) groups is 2. The molecule has 0 saturated carbocycles. The van der Waals surface area contributed by atoms with Gasteiger partial charge in [-0.25, -0.2) is 0 Å². The molecule has 2 aliphatic heterocycles. The lowest BCUT2D eigenvalue weighted by molar-refractivity contribution is -0.119. The van der Waals surface area contributed by atoms with Crippen LogP contribution in [0.4, 0.5) is 5.69 Å². The molecule has 36 heavy (non-hydrogen) atoms. The molecule has 6 heteroatoms. The highest BCUT2D eigenvalue weighted by Gasteiger charge is 2.30. The number of anilines is 1. The molecule has 5 nitrogen and oxygen atoms in total. The Bertz CT molecular complexity index is 1040. The fraction of sp³-hybridized carbons (Fsp3) is 0.533. The molecule has 0 bridgehead atoms. The summed E-state index contributed by atoms with van der Waals surface area (Å²) in [7, 11) is 1.73. The number of aryl methyl sites for hydroxylation is 2. The molecule has 2 heterocycles. The predicted octanol–water partition coefficient (Wildman–Crippen LogP) is 6.04. The summed E-state index contributed by atoms with van der Waals surface area (Å²) < 4.78 is 5.50. The molecule has 2 aliphatic rings. The number of unbranched alkanes of at least 4 members (excludes halogenated alkanes) is 2. The molecule has 0 atom stereocenters. The number of hydrogen-bond donors (Lipinski definition) is 0. The van der Waals surface area contributed by atoms with E-state index in [4.69, 9.17) is 4.74 Å². The summed E-state index contributed by atoms with van der Waals surface area (Å²) in [5.41, 5.74) is 5.57. The Morgan fingerprint density at radius 2 is 1.78 bits per heavy atom. The molecule has 1 amide bonds. The second kappa shape index (κ2) is 13.3. The molecule has 0 spiro atoms. The number of carbonyl (C=O) groups excluding carboxylic acids is 2. The number of ketones is 1. The van der Waals surface area contributed by atoms with E-state index >= 15 is 0 Å². The average Bonchev–Trinajstić information content (AvgIpc) is 2.87. The third-order valence-electron chi connectivity index (χ3n) is 7.54. The van der Waals surface area contributed by atoms with Gasteiger partial charge in [-0.05, 0) is 93.8 Å². The molecule has 0 fully saturated rings. The number of Topliss-reactive ketones (excluding diaryl/α,β-unsaturated/α-hetero) is 1. The third-order valence-corrected chi connectivity index (χ3v) is 7.54. The normalized spacial score (nSPS) is 14.6. The number of halogens is 1. The SMILES string of the molecule is COc1ccccc1CCN(CCCCCC(=O)c1cc2c3c(c1)CCC(=O)N3CCC2)C(C)C.Cl. The Labute approximate surface area is 222 Å². The highest BCUT2D eigenvalue weighted by Crippen LogP contribution is 2.37. The smallest absolute Gasteiger partial charge is 0.227 e. The van der Waals surface area contributed by atoms with Crippen LogP contribution in [0.3, 0.4) is 0 Å². The van der Waals surface area contributed by atoms with Crippen LogP contribution >= 0.6 is 12.4 Å². The maximum absolute atomic E-state index is 13.0. The maximum atomic E-state index is 13.0. The van der Waals surface area contributed by atoms with E-state index in [0.717, 1.165) is 81.6 Å². The molecular weight excluding hydrogens is 472 g/mol. The number of benzene rings is 2. The van der Waals surface area contributed by atoms with E-state index in [1.54, 1.807) is 7.11 Å². The van der Waals surface area contributed by atoms with Crippen LogP contribution in [0.25, 0.3) is 0 Å². The molecule has 2 aromatic rings. The van der Waals surface area contributed by atoms with E-state index in [2.05, 4.69) is 43.0 Å². The molecule has 4 rings (SSSR count). The van der Waals surface area contributed by atoms with Gasteiger partial charge in [0.1, 0.15) is 5.75 Å². The topological polar surface area (TPSA) is 49.9 Å². The maximum Gasteiger partial charge on any atom is 0.227 e. The van der Waals surface area contributed by atoms with E-state index in [-0.39, 0.29) is 24.1 Å². The first-order valence-corrected chi connectivity index (χ1v) is 13.3. The van der Waals surface area contributed by atoms with Gasteiger partial charge in [-0.2, -0.15) is 0 Å². The summed E-state index contributed by atoms with van der Waals surface area (Å²) in [6.45, 7) is 7.38. The summed E-state index contributed by atoms with van der Waals surface area (Å²) in [6.07, 6.45) is 7.94. The van der Waals surface area contributed by atoms with Crippen LogP contribution in [0.2, 0.25) is 0 Å². The lowest BCUT2D eigenvalue weighted by Gasteiger charge is -2.35. The minimum atomic E-state index is 0. The van der Waals surface area contributed by atoms with Crippen LogP contribution in [0.15, 0.2) is 36.4 Å². The van der Waals surface area contributed by atoms with Crippen LogP contribution in [-0.4, -0.2) is 49.4 Å². The average molecular weight is 513 g/mol. The van der Waals surface area contributed by atoms with Crippen molar-refractivity contribution in [1.29, 1.82) is 0 Å². The van der Waals surface area contributed by atoms with Gasteiger partial charge in [0.15, 0.2) is 5.78 Å². The van der Waals surface area contributed by atoms with E-state index in [1.165, 1.54) is 16.7 Å². The number of amides is 1. The van der Waals surface area contributed by atoms with Gasteiger partial charge in [0.05, 0.1) is 12.8 Å². The quantitative estimate of drug-likeness (QED) is 0.257. The zero-order valence-corrected chi connectivity index (χ0v) is 22.9. The summed E-state index contributed by atoms with van der Waals surface area (Å²) >= 11 is 0. The number of ether oxygens (including phenoxy) is 1. The number of methoxy groups -OCH3 is 1. The first-order chi connectivity index (χ1) is 17.0.